The fourth-order valence-electron chi connectivity index (χ4n) is 3.69. The number of aromatic nitrogens is 3. The third kappa shape index (κ3) is 4.12. The minimum atomic E-state index is -0.417. The van der Waals surface area contributed by atoms with E-state index in [1.54, 1.807) is 35.9 Å². The number of amides is 1. The van der Waals surface area contributed by atoms with E-state index in [4.69, 9.17) is 4.74 Å². The Kier molecular flexibility index (Phi) is 5.53. The molecule has 34 heavy (non-hydrogen) atoms. The molecule has 5 rings (SSSR count). The molecule has 0 bridgehead atoms. The van der Waals surface area contributed by atoms with E-state index in [9.17, 15) is 9.59 Å². The van der Waals surface area contributed by atoms with Crippen molar-refractivity contribution in [1.82, 2.24) is 14.6 Å². The Balaban J connectivity index is 1.65. The van der Waals surface area contributed by atoms with Gasteiger partial charge in [0.2, 0.25) is 0 Å². The van der Waals surface area contributed by atoms with Crippen molar-refractivity contribution < 1.29 is 9.53 Å². The fourth-order valence-corrected chi connectivity index (χ4v) is 3.69. The lowest BCUT2D eigenvalue weighted by Gasteiger charge is -2.08. The van der Waals surface area contributed by atoms with E-state index in [0.29, 0.717) is 22.9 Å². The van der Waals surface area contributed by atoms with Gasteiger partial charge in [0.1, 0.15) is 11.3 Å². The summed E-state index contributed by atoms with van der Waals surface area (Å²) in [5, 5.41) is 10.8. The number of methoxy groups -OCH3 is 1. The number of para-hydroxylation sites is 1. The number of anilines is 3. The molecular formula is C26H21N5O3. The third-order valence-electron chi connectivity index (χ3n) is 5.30. The van der Waals surface area contributed by atoms with Crippen LogP contribution in [0.4, 0.5) is 17.2 Å². The summed E-state index contributed by atoms with van der Waals surface area (Å²) in [7, 11) is 1.58. The van der Waals surface area contributed by atoms with Gasteiger partial charge in [-0.25, -0.2) is 4.52 Å². The standard InChI is InChI=1S/C26H21N5O3/c1-34-20-14-12-19(13-15-20)28-26(33)23-24(27-18-10-6-3-7-11-18)30-31-21(16-22(32)29-25(23)31)17-8-4-2-5-9-17/h2-16H,1H3,(H,27,30)(H,28,33)(H,29,32). The molecule has 0 spiro atoms. The Morgan fingerprint density at radius 1 is 0.912 bits per heavy atom. The van der Waals surface area contributed by atoms with Crippen LogP contribution in [0.25, 0.3) is 16.9 Å². The van der Waals surface area contributed by atoms with Crippen molar-refractivity contribution in [3.8, 4) is 17.0 Å². The summed E-state index contributed by atoms with van der Waals surface area (Å²) in [4.78, 5) is 28.8. The summed E-state index contributed by atoms with van der Waals surface area (Å²) in [6.07, 6.45) is 0. The number of nitrogens with zero attached hydrogens (tertiary/aromatic N) is 2. The van der Waals surface area contributed by atoms with E-state index in [1.165, 1.54) is 6.07 Å². The molecule has 168 valence electrons. The zero-order valence-corrected chi connectivity index (χ0v) is 18.3. The number of rotatable bonds is 6. The lowest BCUT2D eigenvalue weighted by atomic mass is 10.1. The molecule has 0 radical (unpaired) electrons. The largest absolute Gasteiger partial charge is 0.497 e. The number of hydrogen-bond donors (Lipinski definition) is 3. The number of ether oxygens (including phenoxy) is 1. The van der Waals surface area contributed by atoms with Crippen molar-refractivity contribution >= 4 is 28.7 Å². The van der Waals surface area contributed by atoms with Crippen molar-refractivity contribution in [2.75, 3.05) is 17.7 Å². The SMILES string of the molecule is COc1ccc(NC(=O)c2c(Nc3ccccc3)nn3c(-c4ccccc4)cc(=O)[nH]c23)cc1. The van der Waals surface area contributed by atoms with Gasteiger partial charge in [0.25, 0.3) is 11.5 Å². The summed E-state index contributed by atoms with van der Waals surface area (Å²) < 4.78 is 6.76. The second kappa shape index (κ2) is 8.95. The lowest BCUT2D eigenvalue weighted by molar-refractivity contribution is 0.102. The number of carbonyl (C=O) groups excluding carboxylic acids is 1. The Morgan fingerprint density at radius 3 is 2.26 bits per heavy atom. The highest BCUT2D eigenvalue weighted by molar-refractivity contribution is 6.12. The zero-order valence-electron chi connectivity index (χ0n) is 18.3. The van der Waals surface area contributed by atoms with E-state index in [-0.39, 0.29) is 16.8 Å². The van der Waals surface area contributed by atoms with Gasteiger partial charge in [0.05, 0.1) is 12.8 Å². The number of nitrogens with one attached hydrogen (secondary N) is 3. The normalized spacial score (nSPS) is 10.7. The Bertz CT molecular complexity index is 1510. The van der Waals surface area contributed by atoms with Gasteiger partial charge >= 0.3 is 0 Å². The predicted molar refractivity (Wildman–Crippen MR) is 132 cm³/mol. The molecule has 2 aromatic heterocycles. The Labute approximate surface area is 194 Å². The van der Waals surface area contributed by atoms with Gasteiger partial charge in [-0.15, -0.1) is 5.10 Å². The molecule has 0 atom stereocenters. The number of hydrogen-bond acceptors (Lipinski definition) is 5. The maximum atomic E-state index is 13.5. The highest BCUT2D eigenvalue weighted by atomic mass is 16.5. The maximum Gasteiger partial charge on any atom is 0.263 e. The molecule has 0 fully saturated rings. The minimum Gasteiger partial charge on any atom is -0.497 e. The summed E-state index contributed by atoms with van der Waals surface area (Å²) in [5.41, 5.74) is 2.88. The molecule has 1 amide bonds. The fraction of sp³-hybridized carbons (Fsp3) is 0.0385. The maximum absolute atomic E-state index is 13.5. The van der Waals surface area contributed by atoms with Crippen LogP contribution in [0.1, 0.15) is 10.4 Å². The van der Waals surface area contributed by atoms with Crippen LogP contribution in [-0.4, -0.2) is 27.6 Å². The van der Waals surface area contributed by atoms with Gasteiger partial charge in [-0.05, 0) is 36.4 Å². The number of H-pyrrole nitrogens is 1. The molecule has 3 N–H and O–H groups in total. The Morgan fingerprint density at radius 2 is 1.59 bits per heavy atom. The van der Waals surface area contributed by atoms with Crippen LogP contribution in [0.3, 0.4) is 0 Å². The van der Waals surface area contributed by atoms with Gasteiger partial charge in [0, 0.05) is 23.0 Å². The van der Waals surface area contributed by atoms with E-state index in [2.05, 4.69) is 20.7 Å². The van der Waals surface area contributed by atoms with Crippen LogP contribution in [-0.2, 0) is 0 Å². The number of fused-ring (bicyclic) bond motifs is 1. The first kappa shape index (κ1) is 21.0. The molecule has 5 aromatic rings. The van der Waals surface area contributed by atoms with Crippen molar-refractivity contribution in [2.45, 2.75) is 0 Å². The van der Waals surface area contributed by atoms with E-state index in [0.717, 1.165) is 11.3 Å². The predicted octanol–water partition coefficient (Wildman–Crippen LogP) is 4.69. The molecule has 0 saturated heterocycles. The number of carbonyl (C=O) groups is 1. The zero-order chi connectivity index (χ0) is 23.5. The van der Waals surface area contributed by atoms with Crippen molar-refractivity contribution in [3.63, 3.8) is 0 Å². The van der Waals surface area contributed by atoms with Gasteiger partial charge in [-0.1, -0.05) is 48.5 Å². The second-order valence-corrected chi connectivity index (χ2v) is 7.54. The molecule has 8 nitrogen and oxygen atoms in total. The van der Waals surface area contributed by atoms with Crippen molar-refractivity contribution in [3.05, 3.63) is 107 Å². The first-order chi connectivity index (χ1) is 16.6. The monoisotopic (exact) mass is 451 g/mol. The molecule has 2 heterocycles. The third-order valence-corrected chi connectivity index (χ3v) is 5.30. The highest BCUT2D eigenvalue weighted by Crippen LogP contribution is 2.27. The molecule has 3 aromatic carbocycles. The van der Waals surface area contributed by atoms with Gasteiger partial charge in [0.15, 0.2) is 11.5 Å². The Hall–Kier alpha value is -4.85. The average Bonchev–Trinajstić information content (AvgIpc) is 3.22. The molecule has 0 aliphatic heterocycles. The minimum absolute atomic E-state index is 0.217. The topological polar surface area (TPSA) is 101 Å². The van der Waals surface area contributed by atoms with Crippen LogP contribution in [0.2, 0.25) is 0 Å². The quantitative estimate of drug-likeness (QED) is 0.348. The first-order valence-corrected chi connectivity index (χ1v) is 10.6. The number of aromatic amines is 1. The molecule has 0 saturated carbocycles. The van der Waals surface area contributed by atoms with Crippen molar-refractivity contribution in [2.24, 2.45) is 0 Å². The van der Waals surface area contributed by atoms with Crippen LogP contribution in [0.15, 0.2) is 95.8 Å². The van der Waals surface area contributed by atoms with E-state index < -0.39 is 5.91 Å². The van der Waals surface area contributed by atoms with E-state index in [1.807, 2.05) is 60.7 Å². The summed E-state index contributed by atoms with van der Waals surface area (Å²) in [5.74, 6) is 0.577. The van der Waals surface area contributed by atoms with Crippen molar-refractivity contribution in [1.29, 1.82) is 0 Å². The highest BCUT2D eigenvalue weighted by Gasteiger charge is 2.23. The van der Waals surface area contributed by atoms with Gasteiger partial charge < -0.3 is 20.4 Å². The summed E-state index contributed by atoms with van der Waals surface area (Å²) in [6, 6.07) is 27.3. The van der Waals surface area contributed by atoms with Crippen LogP contribution >= 0.6 is 0 Å². The van der Waals surface area contributed by atoms with Crippen LogP contribution in [0, 0.1) is 0 Å². The van der Waals surface area contributed by atoms with E-state index >= 15 is 0 Å². The van der Waals surface area contributed by atoms with Gasteiger partial charge in [-0.2, -0.15) is 0 Å². The molecule has 8 heteroatoms. The van der Waals surface area contributed by atoms with Gasteiger partial charge in [-0.3, -0.25) is 9.59 Å². The molecule has 0 aliphatic carbocycles. The summed E-state index contributed by atoms with van der Waals surface area (Å²) >= 11 is 0. The summed E-state index contributed by atoms with van der Waals surface area (Å²) in [6.45, 7) is 0. The lowest BCUT2D eigenvalue weighted by Crippen LogP contribution is -2.16. The second-order valence-electron chi connectivity index (χ2n) is 7.54. The number of benzene rings is 3. The average molecular weight is 451 g/mol. The smallest absolute Gasteiger partial charge is 0.263 e. The molecule has 0 aliphatic rings. The van der Waals surface area contributed by atoms with Crippen LogP contribution in [0.5, 0.6) is 5.75 Å². The molecule has 0 unspecified atom stereocenters. The molecular weight excluding hydrogens is 430 g/mol. The van der Waals surface area contributed by atoms with Crippen LogP contribution < -0.4 is 20.9 Å². The first-order valence-electron chi connectivity index (χ1n) is 10.6.